The highest BCUT2D eigenvalue weighted by Crippen LogP contribution is 2.24. The van der Waals surface area contributed by atoms with Gasteiger partial charge in [-0.2, -0.15) is 0 Å². The molecule has 0 saturated heterocycles. The van der Waals surface area contributed by atoms with Gasteiger partial charge in [-0.1, -0.05) is 6.92 Å². The van der Waals surface area contributed by atoms with Crippen LogP contribution < -0.4 is 14.4 Å². The standard InChI is InChI=1S/C20H25FN2O4S/c1-5-19(23(28(4,25)26)17-10-6-15(21)7-11-17)20(24)22-16-8-12-18(13-9-16)27-14(2)3/h6-14,19H,5H2,1-4H3,(H,22,24)/t19-/m1/s1. The van der Waals surface area contributed by atoms with Crippen molar-refractivity contribution in [2.45, 2.75) is 39.3 Å². The minimum absolute atomic E-state index is 0.0314. The number of amides is 1. The summed E-state index contributed by atoms with van der Waals surface area (Å²) in [4.78, 5) is 12.8. The summed E-state index contributed by atoms with van der Waals surface area (Å²) in [6, 6.07) is 10.8. The van der Waals surface area contributed by atoms with E-state index in [9.17, 15) is 17.6 Å². The monoisotopic (exact) mass is 408 g/mol. The normalized spacial score (nSPS) is 12.5. The molecule has 0 radical (unpaired) electrons. The lowest BCUT2D eigenvalue weighted by Gasteiger charge is -2.30. The highest BCUT2D eigenvalue weighted by atomic mass is 32.2. The molecule has 152 valence electrons. The third kappa shape index (κ3) is 5.69. The summed E-state index contributed by atoms with van der Waals surface area (Å²) in [6.07, 6.45) is 1.29. The summed E-state index contributed by atoms with van der Waals surface area (Å²) >= 11 is 0. The zero-order valence-corrected chi connectivity index (χ0v) is 17.2. The molecule has 0 unspecified atom stereocenters. The number of carbonyl (C=O) groups is 1. The van der Waals surface area contributed by atoms with E-state index in [1.807, 2.05) is 13.8 Å². The van der Waals surface area contributed by atoms with E-state index in [0.29, 0.717) is 11.4 Å². The average molecular weight is 408 g/mol. The van der Waals surface area contributed by atoms with Crippen LogP contribution in [-0.2, 0) is 14.8 Å². The van der Waals surface area contributed by atoms with Crippen molar-refractivity contribution in [2.75, 3.05) is 15.9 Å². The largest absolute Gasteiger partial charge is 0.491 e. The van der Waals surface area contributed by atoms with Gasteiger partial charge in [0, 0.05) is 5.69 Å². The van der Waals surface area contributed by atoms with Gasteiger partial charge in [-0.15, -0.1) is 0 Å². The van der Waals surface area contributed by atoms with Crippen molar-refractivity contribution in [3.8, 4) is 5.75 Å². The zero-order valence-electron chi connectivity index (χ0n) is 16.3. The Kier molecular flexibility index (Phi) is 7.01. The van der Waals surface area contributed by atoms with Gasteiger partial charge in [0.2, 0.25) is 15.9 Å². The number of nitrogens with one attached hydrogen (secondary N) is 1. The van der Waals surface area contributed by atoms with E-state index in [1.165, 1.54) is 12.1 Å². The fraction of sp³-hybridized carbons (Fsp3) is 0.350. The molecule has 8 heteroatoms. The van der Waals surface area contributed by atoms with Crippen molar-refractivity contribution in [1.29, 1.82) is 0 Å². The summed E-state index contributed by atoms with van der Waals surface area (Å²) in [7, 11) is -3.77. The Hall–Kier alpha value is -2.61. The lowest BCUT2D eigenvalue weighted by molar-refractivity contribution is -0.117. The molecular formula is C20H25FN2O4S. The highest BCUT2D eigenvalue weighted by Gasteiger charge is 2.31. The minimum Gasteiger partial charge on any atom is -0.491 e. The fourth-order valence-corrected chi connectivity index (χ4v) is 3.97. The molecule has 1 atom stereocenters. The molecule has 1 N–H and O–H groups in total. The van der Waals surface area contributed by atoms with Crippen LogP contribution in [0.4, 0.5) is 15.8 Å². The lowest BCUT2D eigenvalue weighted by Crippen LogP contribution is -2.47. The van der Waals surface area contributed by atoms with E-state index in [-0.39, 0.29) is 18.2 Å². The molecule has 0 aromatic heterocycles. The third-order valence-corrected chi connectivity index (χ3v) is 5.08. The maximum Gasteiger partial charge on any atom is 0.248 e. The number of carbonyl (C=O) groups excluding carboxylic acids is 1. The van der Waals surface area contributed by atoms with Crippen LogP contribution >= 0.6 is 0 Å². The van der Waals surface area contributed by atoms with Crippen LogP contribution in [0.15, 0.2) is 48.5 Å². The van der Waals surface area contributed by atoms with Crippen molar-refractivity contribution in [2.24, 2.45) is 0 Å². The summed E-state index contributed by atoms with van der Waals surface area (Å²) in [6.45, 7) is 5.54. The Bertz CT molecular complexity index is 897. The Morgan fingerprint density at radius 3 is 2.14 bits per heavy atom. The molecule has 2 aromatic carbocycles. The van der Waals surface area contributed by atoms with Crippen molar-refractivity contribution < 1.29 is 22.3 Å². The molecule has 6 nitrogen and oxygen atoms in total. The van der Waals surface area contributed by atoms with Crippen LogP contribution in [0, 0.1) is 5.82 Å². The molecule has 0 saturated carbocycles. The van der Waals surface area contributed by atoms with Gasteiger partial charge in [0.05, 0.1) is 18.0 Å². The smallest absolute Gasteiger partial charge is 0.248 e. The number of benzene rings is 2. The number of nitrogens with zero attached hydrogens (tertiary/aromatic N) is 1. The second-order valence-electron chi connectivity index (χ2n) is 6.64. The van der Waals surface area contributed by atoms with Crippen molar-refractivity contribution in [3.63, 3.8) is 0 Å². The van der Waals surface area contributed by atoms with E-state index in [1.54, 1.807) is 31.2 Å². The molecule has 0 bridgehead atoms. The van der Waals surface area contributed by atoms with Crippen molar-refractivity contribution in [3.05, 3.63) is 54.3 Å². The quantitative estimate of drug-likeness (QED) is 0.721. The van der Waals surface area contributed by atoms with E-state index < -0.39 is 27.8 Å². The average Bonchev–Trinajstić information content (AvgIpc) is 2.60. The first kappa shape index (κ1) is 21.7. The second-order valence-corrected chi connectivity index (χ2v) is 8.50. The predicted octanol–water partition coefficient (Wildman–Crippen LogP) is 3.80. The van der Waals surface area contributed by atoms with Gasteiger partial charge in [0.1, 0.15) is 17.6 Å². The summed E-state index contributed by atoms with van der Waals surface area (Å²) < 4.78 is 44.5. The van der Waals surface area contributed by atoms with Gasteiger partial charge in [-0.25, -0.2) is 12.8 Å². The molecule has 0 aliphatic carbocycles. The van der Waals surface area contributed by atoms with Crippen molar-refractivity contribution >= 4 is 27.3 Å². The van der Waals surface area contributed by atoms with Crippen LogP contribution in [0.25, 0.3) is 0 Å². The fourth-order valence-electron chi connectivity index (χ4n) is 2.76. The second kappa shape index (κ2) is 9.05. The maximum atomic E-state index is 13.2. The zero-order chi connectivity index (χ0) is 20.9. The van der Waals surface area contributed by atoms with Gasteiger partial charge in [0.25, 0.3) is 0 Å². The maximum absolute atomic E-state index is 13.2. The van der Waals surface area contributed by atoms with E-state index in [0.717, 1.165) is 22.7 Å². The number of sulfonamides is 1. The van der Waals surface area contributed by atoms with Gasteiger partial charge < -0.3 is 10.1 Å². The molecule has 1 amide bonds. The van der Waals surface area contributed by atoms with E-state index >= 15 is 0 Å². The molecule has 2 aromatic rings. The Balaban J connectivity index is 2.25. The van der Waals surface area contributed by atoms with Gasteiger partial charge in [-0.05, 0) is 68.8 Å². The van der Waals surface area contributed by atoms with Crippen molar-refractivity contribution in [1.82, 2.24) is 0 Å². The molecular weight excluding hydrogens is 383 g/mol. The lowest BCUT2D eigenvalue weighted by atomic mass is 10.1. The van der Waals surface area contributed by atoms with Crippen LogP contribution in [0.3, 0.4) is 0 Å². The SMILES string of the molecule is CC[C@H](C(=O)Nc1ccc(OC(C)C)cc1)N(c1ccc(F)cc1)S(C)(=O)=O. The summed E-state index contributed by atoms with van der Waals surface area (Å²) in [5, 5.41) is 2.73. The van der Waals surface area contributed by atoms with Crippen LogP contribution in [0.2, 0.25) is 0 Å². The Labute approximate surface area is 165 Å². The van der Waals surface area contributed by atoms with Gasteiger partial charge in [0.15, 0.2) is 0 Å². The van der Waals surface area contributed by atoms with Crippen LogP contribution in [-0.4, -0.2) is 32.7 Å². The first-order valence-corrected chi connectivity index (χ1v) is 10.8. The van der Waals surface area contributed by atoms with E-state index in [4.69, 9.17) is 4.74 Å². The summed E-state index contributed by atoms with van der Waals surface area (Å²) in [5.41, 5.74) is 0.749. The number of hydrogen-bond acceptors (Lipinski definition) is 4. The third-order valence-electron chi connectivity index (χ3n) is 3.90. The Morgan fingerprint density at radius 1 is 1.11 bits per heavy atom. The topological polar surface area (TPSA) is 75.7 Å². The number of hydrogen-bond donors (Lipinski definition) is 1. The number of halogens is 1. The molecule has 0 aliphatic rings. The molecule has 2 rings (SSSR count). The molecule has 28 heavy (non-hydrogen) atoms. The Morgan fingerprint density at radius 2 is 1.68 bits per heavy atom. The number of rotatable bonds is 8. The predicted molar refractivity (Wildman–Crippen MR) is 109 cm³/mol. The van der Waals surface area contributed by atoms with Crippen LogP contribution in [0.5, 0.6) is 5.75 Å². The van der Waals surface area contributed by atoms with Gasteiger partial charge >= 0.3 is 0 Å². The van der Waals surface area contributed by atoms with E-state index in [2.05, 4.69) is 5.32 Å². The highest BCUT2D eigenvalue weighted by molar-refractivity contribution is 7.92. The molecule has 0 heterocycles. The summed E-state index contributed by atoms with van der Waals surface area (Å²) in [5.74, 6) is -0.294. The first-order chi connectivity index (χ1) is 13.1. The van der Waals surface area contributed by atoms with Gasteiger partial charge in [-0.3, -0.25) is 9.10 Å². The minimum atomic E-state index is -3.77. The molecule has 0 fully saturated rings. The van der Waals surface area contributed by atoms with Crippen LogP contribution in [0.1, 0.15) is 27.2 Å². The number of ether oxygens (including phenoxy) is 1. The first-order valence-electron chi connectivity index (χ1n) is 8.94. The molecule has 0 spiro atoms. The molecule has 0 aliphatic heterocycles. The number of anilines is 2.